The Bertz CT molecular complexity index is 380. The van der Waals surface area contributed by atoms with E-state index in [1.807, 2.05) is 18.2 Å². The van der Waals surface area contributed by atoms with Gasteiger partial charge in [-0.05, 0) is 47.0 Å². The summed E-state index contributed by atoms with van der Waals surface area (Å²) in [5.74, 6) is 0.852. The summed E-state index contributed by atoms with van der Waals surface area (Å²) >= 11 is 9.33. The van der Waals surface area contributed by atoms with Gasteiger partial charge >= 0.3 is 0 Å². The number of ether oxygens (including phenoxy) is 1. The fourth-order valence-electron chi connectivity index (χ4n) is 2.32. The molecule has 1 aliphatic rings. The number of hydrogen-bond acceptors (Lipinski definition) is 2. The normalized spacial score (nSPS) is 16.8. The van der Waals surface area contributed by atoms with Crippen molar-refractivity contribution in [2.24, 2.45) is 0 Å². The van der Waals surface area contributed by atoms with E-state index in [2.05, 4.69) is 21.2 Å². The van der Waals surface area contributed by atoms with Crippen molar-refractivity contribution in [3.05, 3.63) is 27.7 Å². The maximum Gasteiger partial charge on any atom is 0.133 e. The Balaban J connectivity index is 1.68. The van der Waals surface area contributed by atoms with E-state index in [0.717, 1.165) is 21.8 Å². The van der Waals surface area contributed by atoms with Gasteiger partial charge in [0.25, 0.3) is 0 Å². The van der Waals surface area contributed by atoms with E-state index in [1.165, 1.54) is 32.1 Å². The second-order valence-corrected chi connectivity index (χ2v) is 6.00. The van der Waals surface area contributed by atoms with Crippen LogP contribution in [0.5, 0.6) is 5.75 Å². The van der Waals surface area contributed by atoms with Crippen LogP contribution in [0.25, 0.3) is 0 Å². The van der Waals surface area contributed by atoms with Gasteiger partial charge in [-0.2, -0.15) is 0 Å². The third-order valence-corrected chi connectivity index (χ3v) is 4.15. The number of nitrogens with one attached hydrogen (secondary N) is 1. The Kier molecular flexibility index (Phi) is 5.80. The molecule has 0 spiro atoms. The Morgan fingerprint density at radius 3 is 2.78 bits per heavy atom. The summed E-state index contributed by atoms with van der Waals surface area (Å²) < 4.78 is 6.62. The number of benzene rings is 1. The van der Waals surface area contributed by atoms with E-state index < -0.39 is 0 Å². The van der Waals surface area contributed by atoms with Gasteiger partial charge < -0.3 is 10.1 Å². The van der Waals surface area contributed by atoms with Gasteiger partial charge in [-0.1, -0.05) is 30.9 Å². The van der Waals surface area contributed by atoms with Crippen LogP contribution in [-0.4, -0.2) is 19.2 Å². The minimum atomic E-state index is 0.691. The predicted molar refractivity (Wildman–Crippen MR) is 79.5 cm³/mol. The highest BCUT2D eigenvalue weighted by molar-refractivity contribution is 9.10. The van der Waals surface area contributed by atoms with Crippen LogP contribution in [0, 0.1) is 0 Å². The second kappa shape index (κ2) is 7.37. The molecule has 0 saturated heterocycles. The van der Waals surface area contributed by atoms with Crippen molar-refractivity contribution in [1.29, 1.82) is 0 Å². The van der Waals surface area contributed by atoms with E-state index in [1.54, 1.807) is 0 Å². The molecular formula is C14H19BrClNO. The maximum absolute atomic E-state index is 5.88. The van der Waals surface area contributed by atoms with Crippen molar-refractivity contribution in [3.8, 4) is 5.75 Å². The van der Waals surface area contributed by atoms with Crippen molar-refractivity contribution in [1.82, 2.24) is 5.32 Å². The molecule has 0 unspecified atom stereocenters. The Morgan fingerprint density at radius 1 is 1.28 bits per heavy atom. The van der Waals surface area contributed by atoms with E-state index in [4.69, 9.17) is 16.3 Å². The monoisotopic (exact) mass is 331 g/mol. The molecule has 0 aromatic heterocycles. The maximum atomic E-state index is 5.88. The van der Waals surface area contributed by atoms with Gasteiger partial charge in [-0.15, -0.1) is 0 Å². The average molecular weight is 333 g/mol. The average Bonchev–Trinajstić information content (AvgIpc) is 2.38. The minimum absolute atomic E-state index is 0.691. The highest BCUT2D eigenvalue weighted by Gasteiger charge is 2.12. The van der Waals surface area contributed by atoms with Crippen LogP contribution in [0.3, 0.4) is 0 Å². The summed E-state index contributed by atoms with van der Waals surface area (Å²) in [6, 6.07) is 6.28. The second-order valence-electron chi connectivity index (χ2n) is 4.71. The molecule has 2 nitrogen and oxygen atoms in total. The summed E-state index contributed by atoms with van der Waals surface area (Å²) in [5.41, 5.74) is 0. The number of halogens is 2. The molecule has 18 heavy (non-hydrogen) atoms. The Morgan fingerprint density at radius 2 is 2.06 bits per heavy atom. The molecular weight excluding hydrogens is 314 g/mol. The van der Waals surface area contributed by atoms with Gasteiger partial charge in [0.1, 0.15) is 12.4 Å². The molecule has 4 heteroatoms. The van der Waals surface area contributed by atoms with Crippen LogP contribution in [0.1, 0.15) is 32.1 Å². The third-order valence-electron chi connectivity index (χ3n) is 3.29. The zero-order valence-electron chi connectivity index (χ0n) is 10.4. The minimum Gasteiger partial charge on any atom is -0.491 e. The Labute approximate surface area is 122 Å². The molecule has 100 valence electrons. The van der Waals surface area contributed by atoms with Gasteiger partial charge in [0.2, 0.25) is 0 Å². The lowest BCUT2D eigenvalue weighted by Gasteiger charge is -2.22. The summed E-state index contributed by atoms with van der Waals surface area (Å²) in [4.78, 5) is 0. The summed E-state index contributed by atoms with van der Waals surface area (Å²) in [5, 5.41) is 4.27. The zero-order chi connectivity index (χ0) is 12.8. The largest absolute Gasteiger partial charge is 0.491 e. The van der Waals surface area contributed by atoms with Crippen molar-refractivity contribution in [2.75, 3.05) is 13.2 Å². The van der Waals surface area contributed by atoms with Crippen molar-refractivity contribution >= 4 is 27.5 Å². The third kappa shape index (κ3) is 4.45. The molecule has 1 saturated carbocycles. The Hall–Kier alpha value is -0.250. The fraction of sp³-hybridized carbons (Fsp3) is 0.571. The van der Waals surface area contributed by atoms with Crippen LogP contribution in [-0.2, 0) is 0 Å². The smallest absolute Gasteiger partial charge is 0.133 e. The first kappa shape index (κ1) is 14.2. The van der Waals surface area contributed by atoms with Gasteiger partial charge in [-0.3, -0.25) is 0 Å². The molecule has 0 atom stereocenters. The molecule has 1 aliphatic carbocycles. The van der Waals surface area contributed by atoms with Crippen LogP contribution >= 0.6 is 27.5 Å². The summed E-state index contributed by atoms with van der Waals surface area (Å²) in [6.45, 7) is 1.59. The highest BCUT2D eigenvalue weighted by Crippen LogP contribution is 2.27. The molecule has 1 aromatic rings. The molecule has 0 heterocycles. The first-order valence-electron chi connectivity index (χ1n) is 6.57. The molecule has 0 bridgehead atoms. The fourth-order valence-corrected chi connectivity index (χ4v) is 3.12. The summed E-state index contributed by atoms with van der Waals surface area (Å²) in [6.07, 6.45) is 6.74. The van der Waals surface area contributed by atoms with Crippen LogP contribution in [0.4, 0.5) is 0 Å². The topological polar surface area (TPSA) is 21.3 Å². The number of hydrogen-bond donors (Lipinski definition) is 1. The van der Waals surface area contributed by atoms with Crippen LogP contribution < -0.4 is 10.1 Å². The summed E-state index contributed by atoms with van der Waals surface area (Å²) in [7, 11) is 0. The van der Waals surface area contributed by atoms with Gasteiger partial charge in [0.05, 0.1) is 4.47 Å². The van der Waals surface area contributed by atoms with Gasteiger partial charge in [-0.25, -0.2) is 0 Å². The molecule has 0 radical (unpaired) electrons. The van der Waals surface area contributed by atoms with Gasteiger partial charge in [0.15, 0.2) is 0 Å². The van der Waals surface area contributed by atoms with E-state index >= 15 is 0 Å². The SMILES string of the molecule is Clc1ccc(OCCNC2CCCCC2)c(Br)c1. The lowest BCUT2D eigenvalue weighted by molar-refractivity contribution is 0.288. The van der Waals surface area contributed by atoms with Gasteiger partial charge in [0, 0.05) is 17.6 Å². The molecule has 1 aromatic carbocycles. The van der Waals surface area contributed by atoms with Crippen molar-refractivity contribution < 1.29 is 4.74 Å². The zero-order valence-corrected chi connectivity index (χ0v) is 12.8. The lowest BCUT2D eigenvalue weighted by atomic mass is 9.96. The van der Waals surface area contributed by atoms with Crippen molar-refractivity contribution in [3.63, 3.8) is 0 Å². The van der Waals surface area contributed by atoms with E-state index in [-0.39, 0.29) is 0 Å². The first-order valence-corrected chi connectivity index (χ1v) is 7.74. The molecule has 1 N–H and O–H groups in total. The predicted octanol–water partition coefficient (Wildman–Crippen LogP) is 4.40. The molecule has 0 aliphatic heterocycles. The lowest BCUT2D eigenvalue weighted by Crippen LogP contribution is -2.34. The van der Waals surface area contributed by atoms with E-state index in [9.17, 15) is 0 Å². The standard InChI is InChI=1S/C14H19BrClNO/c15-13-10-11(16)6-7-14(13)18-9-8-17-12-4-2-1-3-5-12/h6-7,10,12,17H,1-5,8-9H2. The highest BCUT2D eigenvalue weighted by atomic mass is 79.9. The molecule has 1 fully saturated rings. The van der Waals surface area contributed by atoms with Crippen molar-refractivity contribution in [2.45, 2.75) is 38.1 Å². The van der Waals surface area contributed by atoms with Crippen LogP contribution in [0.15, 0.2) is 22.7 Å². The molecule has 2 rings (SSSR count). The quantitative estimate of drug-likeness (QED) is 0.807. The van der Waals surface area contributed by atoms with E-state index in [0.29, 0.717) is 12.6 Å². The molecule has 0 amide bonds. The first-order chi connectivity index (χ1) is 8.75. The number of rotatable bonds is 5. The van der Waals surface area contributed by atoms with Crippen LogP contribution in [0.2, 0.25) is 5.02 Å².